The Morgan fingerprint density at radius 2 is 1.81 bits per heavy atom. The second-order valence-corrected chi connectivity index (χ2v) is 10.2. The minimum absolute atomic E-state index is 0.00454. The van der Waals surface area contributed by atoms with Crippen LogP contribution in [0.25, 0.3) is 0 Å². The molecule has 1 aromatic carbocycles. The lowest BCUT2D eigenvalue weighted by molar-refractivity contribution is 0.586. The van der Waals surface area contributed by atoms with Crippen LogP contribution >= 0.6 is 11.3 Å². The van der Waals surface area contributed by atoms with E-state index in [1.165, 1.54) is 4.88 Å². The summed E-state index contributed by atoms with van der Waals surface area (Å²) >= 11 is 1.66. The van der Waals surface area contributed by atoms with Gasteiger partial charge in [0.2, 0.25) is 0 Å². The second kappa shape index (κ2) is 8.68. The van der Waals surface area contributed by atoms with E-state index in [-0.39, 0.29) is 11.2 Å². The van der Waals surface area contributed by atoms with Crippen molar-refractivity contribution in [2.75, 3.05) is 19.3 Å². The van der Waals surface area contributed by atoms with Crippen molar-refractivity contribution in [3.8, 4) is 0 Å². The zero-order valence-corrected chi connectivity index (χ0v) is 17.4. The molecule has 0 atom stereocenters. The van der Waals surface area contributed by atoms with E-state index in [4.69, 9.17) is 0 Å². The maximum atomic E-state index is 12.5. The van der Waals surface area contributed by atoms with Crippen LogP contribution in [0.2, 0.25) is 0 Å². The summed E-state index contributed by atoms with van der Waals surface area (Å²) in [5.41, 5.74) is 1.12. The molecule has 2 N–H and O–H groups in total. The maximum absolute atomic E-state index is 12.5. The third kappa shape index (κ3) is 5.85. The summed E-state index contributed by atoms with van der Waals surface area (Å²) in [5, 5.41) is 8.25. The lowest BCUT2D eigenvalue weighted by Gasteiger charge is -2.19. The van der Waals surface area contributed by atoms with Gasteiger partial charge in [0.1, 0.15) is 0 Å². The van der Waals surface area contributed by atoms with Crippen LogP contribution in [0.4, 0.5) is 0 Å². The summed E-state index contributed by atoms with van der Waals surface area (Å²) in [6, 6.07) is 11.2. The van der Waals surface area contributed by atoms with Crippen molar-refractivity contribution >= 4 is 27.1 Å². The van der Waals surface area contributed by atoms with E-state index in [9.17, 15) is 8.42 Å². The Morgan fingerprint density at radius 1 is 1.12 bits per heavy atom. The Hall–Kier alpha value is -1.86. The van der Waals surface area contributed by atoms with Gasteiger partial charge in [0.25, 0.3) is 0 Å². The quantitative estimate of drug-likeness (QED) is 0.584. The fraction of sp³-hybridized carbons (Fsp3) is 0.421. The molecule has 0 spiro atoms. The minimum Gasteiger partial charge on any atom is -0.355 e. The monoisotopic (exact) mass is 393 g/mol. The van der Waals surface area contributed by atoms with Gasteiger partial charge in [0, 0.05) is 18.5 Å². The highest BCUT2D eigenvalue weighted by Crippen LogP contribution is 2.23. The molecule has 0 aliphatic heterocycles. The molecule has 5 nitrogen and oxygen atoms in total. The number of nitrogens with zero attached hydrogens (tertiary/aromatic N) is 1. The van der Waals surface area contributed by atoms with E-state index in [2.05, 4.69) is 36.4 Å². The molecule has 1 aromatic heterocycles. The van der Waals surface area contributed by atoms with E-state index in [1.807, 2.05) is 29.6 Å². The third-order valence-electron chi connectivity index (χ3n) is 3.98. The molecule has 7 heteroatoms. The van der Waals surface area contributed by atoms with Crippen LogP contribution in [0.5, 0.6) is 0 Å². The predicted molar refractivity (Wildman–Crippen MR) is 110 cm³/mol. The first kappa shape index (κ1) is 20.5. The smallest absolute Gasteiger partial charge is 0.191 e. The van der Waals surface area contributed by atoms with Gasteiger partial charge in [-0.05, 0) is 34.6 Å². The molecule has 0 saturated carbocycles. The molecule has 0 saturated heterocycles. The summed E-state index contributed by atoms with van der Waals surface area (Å²) in [6.45, 7) is 7.28. The Bertz CT molecular complexity index is 819. The number of guanidine groups is 1. The van der Waals surface area contributed by atoms with E-state index in [0.717, 1.165) is 5.56 Å². The van der Waals surface area contributed by atoms with E-state index >= 15 is 0 Å². The number of hydrogen-bond donors (Lipinski definition) is 2. The van der Waals surface area contributed by atoms with Crippen molar-refractivity contribution in [2.45, 2.75) is 37.6 Å². The first-order valence-electron chi connectivity index (χ1n) is 8.52. The third-order valence-corrected chi connectivity index (χ3v) is 6.58. The van der Waals surface area contributed by atoms with Gasteiger partial charge in [-0.2, -0.15) is 0 Å². The average molecular weight is 394 g/mol. The molecular weight excluding hydrogens is 366 g/mol. The van der Waals surface area contributed by atoms with Crippen molar-refractivity contribution < 1.29 is 8.42 Å². The van der Waals surface area contributed by atoms with Gasteiger partial charge in [0.05, 0.1) is 17.2 Å². The fourth-order valence-electron chi connectivity index (χ4n) is 2.39. The van der Waals surface area contributed by atoms with Crippen molar-refractivity contribution in [1.29, 1.82) is 0 Å². The summed E-state index contributed by atoms with van der Waals surface area (Å²) < 4.78 is 25.0. The van der Waals surface area contributed by atoms with Crippen LogP contribution in [0, 0.1) is 0 Å². The van der Waals surface area contributed by atoms with E-state index in [1.54, 1.807) is 30.5 Å². The Kier molecular flexibility index (Phi) is 6.83. The van der Waals surface area contributed by atoms with Crippen LogP contribution in [0.3, 0.4) is 0 Å². The van der Waals surface area contributed by atoms with E-state index in [0.29, 0.717) is 23.9 Å². The lowest BCUT2D eigenvalue weighted by atomic mass is 9.87. The number of aliphatic imine (C=N–C) groups is 1. The topological polar surface area (TPSA) is 70.6 Å². The number of benzene rings is 1. The second-order valence-electron chi connectivity index (χ2n) is 7.03. The van der Waals surface area contributed by atoms with Crippen molar-refractivity contribution in [3.05, 3.63) is 52.2 Å². The summed E-state index contributed by atoms with van der Waals surface area (Å²) in [6.07, 6.45) is 0. The van der Waals surface area contributed by atoms with Gasteiger partial charge in [0.15, 0.2) is 15.8 Å². The minimum atomic E-state index is -3.33. The van der Waals surface area contributed by atoms with Crippen molar-refractivity contribution in [2.24, 2.45) is 4.99 Å². The predicted octanol–water partition coefficient (Wildman–Crippen LogP) is 3.18. The number of hydrogen-bond acceptors (Lipinski definition) is 4. The average Bonchev–Trinajstić information content (AvgIpc) is 3.10. The normalized spacial score (nSPS) is 12.8. The Morgan fingerprint density at radius 3 is 2.35 bits per heavy atom. The van der Waals surface area contributed by atoms with Gasteiger partial charge in [-0.25, -0.2) is 8.42 Å². The highest BCUT2D eigenvalue weighted by Gasteiger charge is 2.17. The van der Waals surface area contributed by atoms with Crippen LogP contribution in [-0.2, 0) is 21.8 Å². The van der Waals surface area contributed by atoms with Crippen LogP contribution < -0.4 is 10.6 Å². The standard InChI is InChI=1S/C19H27N3O2S2/c1-19(2,3)15-7-9-17(10-8-15)26(23,24)13-11-21-18(20-4)22-14-16-6-5-12-25-16/h5-10,12H,11,13-14H2,1-4H3,(H2,20,21,22). The van der Waals surface area contributed by atoms with Gasteiger partial charge >= 0.3 is 0 Å². The molecule has 0 aliphatic rings. The molecule has 0 amide bonds. The van der Waals surface area contributed by atoms with Crippen molar-refractivity contribution in [1.82, 2.24) is 10.6 Å². The largest absolute Gasteiger partial charge is 0.355 e. The van der Waals surface area contributed by atoms with Gasteiger partial charge < -0.3 is 10.6 Å². The first-order chi connectivity index (χ1) is 12.2. The Labute approximate surface area is 160 Å². The molecule has 0 aliphatic carbocycles. The fourth-order valence-corrected chi connectivity index (χ4v) is 4.19. The summed E-state index contributed by atoms with van der Waals surface area (Å²) in [4.78, 5) is 5.67. The zero-order valence-electron chi connectivity index (χ0n) is 15.7. The number of rotatable bonds is 6. The number of sulfone groups is 1. The van der Waals surface area contributed by atoms with Crippen LogP contribution in [-0.4, -0.2) is 33.7 Å². The highest BCUT2D eigenvalue weighted by atomic mass is 32.2. The molecular formula is C19H27N3O2S2. The molecule has 26 heavy (non-hydrogen) atoms. The number of thiophene rings is 1. The number of nitrogens with one attached hydrogen (secondary N) is 2. The molecule has 1 heterocycles. The maximum Gasteiger partial charge on any atom is 0.191 e. The Balaban J connectivity index is 1.88. The molecule has 0 bridgehead atoms. The first-order valence-corrected chi connectivity index (χ1v) is 11.1. The van der Waals surface area contributed by atoms with Gasteiger partial charge in [-0.3, -0.25) is 4.99 Å². The SMILES string of the molecule is CN=C(NCCS(=O)(=O)c1ccc(C(C)(C)C)cc1)NCc1cccs1. The molecule has 2 aromatic rings. The van der Waals surface area contributed by atoms with Crippen LogP contribution in [0.15, 0.2) is 51.7 Å². The summed E-state index contributed by atoms with van der Waals surface area (Å²) in [5.74, 6) is 0.610. The lowest BCUT2D eigenvalue weighted by Crippen LogP contribution is -2.39. The molecule has 0 radical (unpaired) electrons. The molecule has 0 fully saturated rings. The molecule has 142 valence electrons. The molecule has 2 rings (SSSR count). The zero-order chi connectivity index (χ0) is 19.2. The van der Waals surface area contributed by atoms with Crippen LogP contribution in [0.1, 0.15) is 31.2 Å². The summed E-state index contributed by atoms with van der Waals surface area (Å²) in [7, 11) is -1.66. The highest BCUT2D eigenvalue weighted by molar-refractivity contribution is 7.91. The van der Waals surface area contributed by atoms with Crippen molar-refractivity contribution in [3.63, 3.8) is 0 Å². The van der Waals surface area contributed by atoms with Gasteiger partial charge in [-0.15, -0.1) is 11.3 Å². The van der Waals surface area contributed by atoms with E-state index < -0.39 is 9.84 Å². The molecule has 0 unspecified atom stereocenters. The van der Waals surface area contributed by atoms with Gasteiger partial charge in [-0.1, -0.05) is 39.0 Å².